The van der Waals surface area contributed by atoms with E-state index in [1.807, 2.05) is 0 Å². The van der Waals surface area contributed by atoms with E-state index in [1.54, 1.807) is 21.3 Å². The van der Waals surface area contributed by atoms with Gasteiger partial charge in [0.1, 0.15) is 0 Å². The SMILES string of the molecule is CN=C(NC(C)COC)NC1CC(C)(OC)C1(C)C.I. The standard InChI is InChI=1S/C14H29N3O2.HI/c1-10(9-18-6)16-12(15-5)17-11-8-14(4,19-7)13(11,2)3;/h10-11H,8-9H2,1-7H3,(H2,15,16,17);1H. The van der Waals surface area contributed by atoms with Crippen LogP contribution in [0.1, 0.15) is 34.1 Å². The summed E-state index contributed by atoms with van der Waals surface area (Å²) in [6, 6.07) is 0.589. The Hall–Kier alpha value is -0.0800. The lowest BCUT2D eigenvalue weighted by Crippen LogP contribution is -2.69. The third kappa shape index (κ3) is 3.98. The van der Waals surface area contributed by atoms with Crippen LogP contribution in [0.2, 0.25) is 0 Å². The van der Waals surface area contributed by atoms with Crippen LogP contribution in [0.25, 0.3) is 0 Å². The van der Waals surface area contributed by atoms with Crippen LogP contribution in [0.3, 0.4) is 0 Å². The lowest BCUT2D eigenvalue weighted by molar-refractivity contribution is -0.176. The van der Waals surface area contributed by atoms with Crippen LogP contribution in [0.4, 0.5) is 0 Å². The van der Waals surface area contributed by atoms with Crippen molar-refractivity contribution < 1.29 is 9.47 Å². The topological polar surface area (TPSA) is 54.9 Å². The molecule has 0 amide bonds. The average molecular weight is 399 g/mol. The Morgan fingerprint density at radius 2 is 1.95 bits per heavy atom. The second-order valence-corrected chi connectivity index (χ2v) is 6.13. The zero-order valence-corrected chi connectivity index (χ0v) is 16.1. The van der Waals surface area contributed by atoms with Crippen molar-refractivity contribution >= 4 is 29.9 Å². The second kappa shape index (κ2) is 7.79. The monoisotopic (exact) mass is 399 g/mol. The van der Waals surface area contributed by atoms with Gasteiger partial charge in [0, 0.05) is 38.8 Å². The number of nitrogens with zero attached hydrogens (tertiary/aromatic N) is 1. The maximum Gasteiger partial charge on any atom is 0.191 e. The molecular weight excluding hydrogens is 369 g/mol. The fourth-order valence-electron chi connectivity index (χ4n) is 2.58. The Labute approximate surface area is 140 Å². The molecule has 0 spiro atoms. The minimum atomic E-state index is -0.0678. The van der Waals surface area contributed by atoms with Crippen molar-refractivity contribution in [1.82, 2.24) is 10.6 Å². The first kappa shape index (κ1) is 19.9. The molecule has 0 radical (unpaired) electrons. The summed E-state index contributed by atoms with van der Waals surface area (Å²) < 4.78 is 10.8. The van der Waals surface area contributed by atoms with Crippen molar-refractivity contribution in [2.24, 2.45) is 10.4 Å². The predicted molar refractivity (Wildman–Crippen MR) is 94.0 cm³/mol. The Balaban J connectivity index is 0.00000361. The van der Waals surface area contributed by atoms with Crippen molar-refractivity contribution in [1.29, 1.82) is 0 Å². The van der Waals surface area contributed by atoms with E-state index in [0.29, 0.717) is 12.6 Å². The molecule has 0 aromatic rings. The van der Waals surface area contributed by atoms with Crippen LogP contribution in [-0.2, 0) is 9.47 Å². The van der Waals surface area contributed by atoms with Gasteiger partial charge in [-0.2, -0.15) is 0 Å². The molecule has 0 heterocycles. The average Bonchev–Trinajstić information content (AvgIpc) is 2.36. The smallest absolute Gasteiger partial charge is 0.191 e. The zero-order valence-electron chi connectivity index (χ0n) is 13.7. The van der Waals surface area contributed by atoms with Crippen molar-refractivity contribution in [3.05, 3.63) is 0 Å². The maximum absolute atomic E-state index is 5.63. The number of hydrogen-bond donors (Lipinski definition) is 2. The minimum absolute atomic E-state index is 0. The van der Waals surface area contributed by atoms with Crippen LogP contribution in [0.15, 0.2) is 4.99 Å². The van der Waals surface area contributed by atoms with Gasteiger partial charge in [-0.05, 0) is 20.3 Å². The first-order valence-electron chi connectivity index (χ1n) is 6.84. The Bertz CT molecular complexity index is 336. The van der Waals surface area contributed by atoms with E-state index in [1.165, 1.54) is 0 Å². The van der Waals surface area contributed by atoms with Gasteiger partial charge in [0.25, 0.3) is 0 Å². The summed E-state index contributed by atoms with van der Waals surface area (Å²) >= 11 is 0. The van der Waals surface area contributed by atoms with E-state index < -0.39 is 0 Å². The highest BCUT2D eigenvalue weighted by Crippen LogP contribution is 2.51. The molecule has 0 aromatic carbocycles. The first-order chi connectivity index (χ1) is 8.80. The fourth-order valence-corrected chi connectivity index (χ4v) is 2.58. The summed E-state index contributed by atoms with van der Waals surface area (Å²) in [5.41, 5.74) is 0.00548. The largest absolute Gasteiger partial charge is 0.383 e. The van der Waals surface area contributed by atoms with E-state index in [2.05, 4.69) is 43.3 Å². The van der Waals surface area contributed by atoms with E-state index in [0.717, 1.165) is 12.4 Å². The number of hydrogen-bond acceptors (Lipinski definition) is 3. The van der Waals surface area contributed by atoms with Crippen LogP contribution < -0.4 is 10.6 Å². The number of halogens is 1. The normalized spacial score (nSPS) is 29.9. The summed E-state index contributed by atoms with van der Waals surface area (Å²) in [5.74, 6) is 0.820. The minimum Gasteiger partial charge on any atom is -0.383 e. The number of ether oxygens (including phenoxy) is 2. The molecule has 1 fully saturated rings. The molecule has 0 saturated heterocycles. The highest BCUT2D eigenvalue weighted by Gasteiger charge is 2.58. The van der Waals surface area contributed by atoms with Gasteiger partial charge >= 0.3 is 0 Å². The van der Waals surface area contributed by atoms with Gasteiger partial charge in [-0.3, -0.25) is 4.99 Å². The molecule has 2 N–H and O–H groups in total. The number of aliphatic imine (C=N–C) groups is 1. The highest BCUT2D eigenvalue weighted by molar-refractivity contribution is 14.0. The lowest BCUT2D eigenvalue weighted by atomic mass is 9.56. The van der Waals surface area contributed by atoms with Gasteiger partial charge in [-0.25, -0.2) is 0 Å². The quantitative estimate of drug-likeness (QED) is 0.422. The van der Waals surface area contributed by atoms with E-state index in [4.69, 9.17) is 9.47 Å². The molecule has 0 bridgehead atoms. The molecule has 3 unspecified atom stereocenters. The van der Waals surface area contributed by atoms with Gasteiger partial charge in [0.2, 0.25) is 0 Å². The van der Waals surface area contributed by atoms with Crippen LogP contribution in [0.5, 0.6) is 0 Å². The number of methoxy groups -OCH3 is 2. The summed E-state index contributed by atoms with van der Waals surface area (Å²) in [4.78, 5) is 4.27. The Morgan fingerprint density at radius 1 is 1.35 bits per heavy atom. The molecule has 120 valence electrons. The molecule has 0 aromatic heterocycles. The van der Waals surface area contributed by atoms with Gasteiger partial charge in [-0.1, -0.05) is 13.8 Å². The number of nitrogens with one attached hydrogen (secondary N) is 2. The lowest BCUT2D eigenvalue weighted by Gasteiger charge is -2.59. The third-order valence-electron chi connectivity index (χ3n) is 4.61. The molecule has 20 heavy (non-hydrogen) atoms. The zero-order chi connectivity index (χ0) is 14.7. The Kier molecular flexibility index (Phi) is 7.76. The second-order valence-electron chi connectivity index (χ2n) is 6.13. The highest BCUT2D eigenvalue weighted by atomic mass is 127. The van der Waals surface area contributed by atoms with Gasteiger partial charge < -0.3 is 20.1 Å². The molecule has 1 saturated carbocycles. The van der Waals surface area contributed by atoms with Crippen molar-refractivity contribution in [2.45, 2.75) is 51.8 Å². The number of guanidine groups is 1. The van der Waals surface area contributed by atoms with E-state index in [9.17, 15) is 0 Å². The summed E-state index contributed by atoms with van der Waals surface area (Å²) in [6.45, 7) is 9.34. The van der Waals surface area contributed by atoms with Gasteiger partial charge in [-0.15, -0.1) is 24.0 Å². The number of rotatable bonds is 5. The summed E-state index contributed by atoms with van der Waals surface area (Å²) in [6.07, 6.45) is 0.982. The summed E-state index contributed by atoms with van der Waals surface area (Å²) in [7, 11) is 5.27. The molecule has 6 heteroatoms. The third-order valence-corrected chi connectivity index (χ3v) is 4.61. The van der Waals surface area contributed by atoms with E-state index >= 15 is 0 Å². The van der Waals surface area contributed by atoms with Crippen molar-refractivity contribution in [3.8, 4) is 0 Å². The molecule has 3 atom stereocenters. The maximum atomic E-state index is 5.63. The molecule has 1 aliphatic rings. The molecule has 1 aliphatic carbocycles. The van der Waals surface area contributed by atoms with Crippen molar-refractivity contribution in [3.63, 3.8) is 0 Å². The molecule has 5 nitrogen and oxygen atoms in total. The molecule has 1 rings (SSSR count). The van der Waals surface area contributed by atoms with E-state index in [-0.39, 0.29) is 41.0 Å². The van der Waals surface area contributed by atoms with Gasteiger partial charge in [0.05, 0.1) is 12.2 Å². The first-order valence-corrected chi connectivity index (χ1v) is 6.84. The van der Waals surface area contributed by atoms with Crippen LogP contribution in [0, 0.1) is 5.41 Å². The van der Waals surface area contributed by atoms with Gasteiger partial charge in [0.15, 0.2) is 5.96 Å². The molecule has 0 aliphatic heterocycles. The molecular formula is C14H30IN3O2. The van der Waals surface area contributed by atoms with Crippen LogP contribution >= 0.6 is 24.0 Å². The van der Waals surface area contributed by atoms with Crippen molar-refractivity contribution in [2.75, 3.05) is 27.9 Å². The summed E-state index contributed by atoms with van der Waals surface area (Å²) in [5, 5.41) is 6.80. The predicted octanol–water partition coefficient (Wildman–Crippen LogP) is 2.01. The fraction of sp³-hybridized carbons (Fsp3) is 0.929. The Morgan fingerprint density at radius 3 is 2.35 bits per heavy atom. The van der Waals surface area contributed by atoms with Crippen LogP contribution in [-0.4, -0.2) is 51.5 Å².